The molecule has 3 rings (SSSR count). The van der Waals surface area contributed by atoms with E-state index < -0.39 is 0 Å². The van der Waals surface area contributed by atoms with E-state index in [1.165, 1.54) is 4.88 Å². The highest BCUT2D eigenvalue weighted by Crippen LogP contribution is 2.34. The van der Waals surface area contributed by atoms with E-state index in [2.05, 4.69) is 6.92 Å². The number of non-ortho nitro benzene ring substituents is 1. The molecule has 1 heterocycles. The van der Waals surface area contributed by atoms with Gasteiger partial charge in [-0.2, -0.15) is 0 Å². The van der Waals surface area contributed by atoms with E-state index in [0.717, 1.165) is 41.1 Å². The molecule has 0 bridgehead atoms. The molecular weight excluding hydrogens is 356 g/mol. The summed E-state index contributed by atoms with van der Waals surface area (Å²) < 4.78 is 0. The first kappa shape index (κ1) is 17.6. The van der Waals surface area contributed by atoms with E-state index in [9.17, 15) is 10.1 Å². The lowest BCUT2D eigenvalue weighted by atomic mass is 10.1. The van der Waals surface area contributed by atoms with Crippen molar-refractivity contribution >= 4 is 28.6 Å². The molecule has 4 nitrogen and oxygen atoms in total. The lowest BCUT2D eigenvalue weighted by Gasteiger charge is -2.01. The normalized spacial score (nSPS) is 10.8. The van der Waals surface area contributed by atoms with E-state index in [0.29, 0.717) is 5.02 Å². The minimum Gasteiger partial charge on any atom is -0.258 e. The summed E-state index contributed by atoms with van der Waals surface area (Å²) in [5.74, 6) is 0. The van der Waals surface area contributed by atoms with Crippen LogP contribution in [0.1, 0.15) is 29.5 Å². The molecule has 25 heavy (non-hydrogen) atoms. The van der Waals surface area contributed by atoms with Gasteiger partial charge in [0.05, 0.1) is 15.6 Å². The molecule has 1 aromatic heterocycles. The predicted molar refractivity (Wildman–Crippen MR) is 102 cm³/mol. The smallest absolute Gasteiger partial charge is 0.258 e. The van der Waals surface area contributed by atoms with Crippen LogP contribution >= 0.6 is 22.9 Å². The Morgan fingerprint density at radius 2 is 1.88 bits per heavy atom. The Hall–Kier alpha value is -2.24. The molecule has 0 spiro atoms. The van der Waals surface area contributed by atoms with Crippen LogP contribution in [0.3, 0.4) is 0 Å². The van der Waals surface area contributed by atoms with Crippen molar-refractivity contribution in [3.8, 4) is 10.6 Å². The van der Waals surface area contributed by atoms with Gasteiger partial charge < -0.3 is 0 Å². The third-order valence-electron chi connectivity index (χ3n) is 3.88. The molecule has 0 amide bonds. The summed E-state index contributed by atoms with van der Waals surface area (Å²) in [5.41, 5.74) is 3.18. The van der Waals surface area contributed by atoms with Gasteiger partial charge in [-0.25, -0.2) is 4.98 Å². The van der Waals surface area contributed by atoms with Crippen molar-refractivity contribution in [3.05, 3.63) is 79.8 Å². The number of aromatic nitrogens is 1. The molecule has 128 valence electrons. The number of hydrogen-bond acceptors (Lipinski definition) is 4. The van der Waals surface area contributed by atoms with Gasteiger partial charge in [0.25, 0.3) is 5.69 Å². The fourth-order valence-electron chi connectivity index (χ4n) is 2.62. The van der Waals surface area contributed by atoms with Gasteiger partial charge in [0.2, 0.25) is 0 Å². The highest BCUT2D eigenvalue weighted by Gasteiger charge is 2.15. The zero-order chi connectivity index (χ0) is 17.8. The largest absolute Gasteiger partial charge is 0.269 e. The van der Waals surface area contributed by atoms with Crippen LogP contribution < -0.4 is 0 Å². The summed E-state index contributed by atoms with van der Waals surface area (Å²) in [4.78, 5) is 16.4. The molecule has 0 saturated heterocycles. The molecule has 0 aliphatic heterocycles. The second-order valence-corrected chi connectivity index (χ2v) is 7.21. The molecule has 0 N–H and O–H groups in total. The van der Waals surface area contributed by atoms with Crippen LogP contribution in [-0.2, 0) is 12.8 Å². The van der Waals surface area contributed by atoms with Crippen LogP contribution in [0.25, 0.3) is 10.6 Å². The Morgan fingerprint density at radius 3 is 2.52 bits per heavy atom. The lowest BCUT2D eigenvalue weighted by molar-refractivity contribution is -0.384. The molecule has 0 radical (unpaired) electrons. The first-order valence-electron chi connectivity index (χ1n) is 8.05. The van der Waals surface area contributed by atoms with E-state index in [1.54, 1.807) is 23.5 Å². The van der Waals surface area contributed by atoms with Gasteiger partial charge in [-0.3, -0.25) is 10.1 Å². The molecule has 0 saturated carbocycles. The van der Waals surface area contributed by atoms with Crippen molar-refractivity contribution in [3.63, 3.8) is 0 Å². The quantitative estimate of drug-likeness (QED) is 0.399. The first-order valence-corrected chi connectivity index (χ1v) is 9.24. The van der Waals surface area contributed by atoms with Crippen LogP contribution in [0, 0.1) is 10.1 Å². The summed E-state index contributed by atoms with van der Waals surface area (Å²) in [6.45, 7) is 2.13. The molecule has 0 aliphatic rings. The maximum atomic E-state index is 10.8. The Kier molecular flexibility index (Phi) is 5.46. The Balaban J connectivity index is 1.92. The number of thiazole rings is 1. The van der Waals surface area contributed by atoms with Crippen LogP contribution in [0.5, 0.6) is 0 Å². The van der Waals surface area contributed by atoms with Gasteiger partial charge in [-0.05, 0) is 18.1 Å². The van der Waals surface area contributed by atoms with Crippen molar-refractivity contribution in [1.29, 1.82) is 0 Å². The van der Waals surface area contributed by atoms with Crippen LogP contribution in [-0.4, -0.2) is 9.91 Å². The average molecular weight is 373 g/mol. The van der Waals surface area contributed by atoms with E-state index in [1.807, 2.05) is 36.4 Å². The number of aryl methyl sites for hydroxylation is 1. The van der Waals surface area contributed by atoms with Gasteiger partial charge >= 0.3 is 0 Å². The standard InChI is InChI=1S/C19H17ClN2O2S/c1-2-5-17-18(12-13-8-10-14(11-9-13)22(23)24)25-19(21-17)15-6-3-4-7-16(15)20/h3-4,6-11H,2,5,12H2,1H3. The van der Waals surface area contributed by atoms with Gasteiger partial charge in [-0.15, -0.1) is 11.3 Å². The van der Waals surface area contributed by atoms with Crippen LogP contribution in [0.15, 0.2) is 48.5 Å². The molecule has 0 atom stereocenters. The number of hydrogen-bond donors (Lipinski definition) is 0. The summed E-state index contributed by atoms with van der Waals surface area (Å²) in [5, 5.41) is 12.4. The number of halogens is 1. The van der Waals surface area contributed by atoms with Crippen molar-refractivity contribution in [2.75, 3.05) is 0 Å². The molecule has 0 unspecified atom stereocenters. The monoisotopic (exact) mass is 372 g/mol. The Bertz CT molecular complexity index is 891. The summed E-state index contributed by atoms with van der Waals surface area (Å²) in [6, 6.07) is 14.4. The third-order valence-corrected chi connectivity index (χ3v) is 5.34. The summed E-state index contributed by atoms with van der Waals surface area (Å²) in [7, 11) is 0. The van der Waals surface area contributed by atoms with E-state index in [4.69, 9.17) is 16.6 Å². The lowest BCUT2D eigenvalue weighted by Crippen LogP contribution is -1.93. The maximum absolute atomic E-state index is 10.8. The van der Waals surface area contributed by atoms with Gasteiger partial charge in [0.1, 0.15) is 5.01 Å². The van der Waals surface area contributed by atoms with Crippen LogP contribution in [0.2, 0.25) is 5.02 Å². The fourth-order valence-corrected chi connectivity index (χ4v) is 4.09. The van der Waals surface area contributed by atoms with E-state index in [-0.39, 0.29) is 10.6 Å². The zero-order valence-electron chi connectivity index (χ0n) is 13.7. The molecule has 6 heteroatoms. The van der Waals surface area contributed by atoms with E-state index >= 15 is 0 Å². The van der Waals surface area contributed by atoms with Gasteiger partial charge in [0.15, 0.2) is 0 Å². The molecule has 3 aromatic rings. The summed E-state index contributed by atoms with van der Waals surface area (Å²) in [6.07, 6.45) is 2.64. The predicted octanol–water partition coefficient (Wildman–Crippen LogP) is 5.92. The third kappa shape index (κ3) is 4.06. The average Bonchev–Trinajstić information content (AvgIpc) is 2.98. The van der Waals surface area contributed by atoms with Crippen molar-refractivity contribution in [2.24, 2.45) is 0 Å². The molecule has 0 fully saturated rings. The molecular formula is C19H17ClN2O2S. The highest BCUT2D eigenvalue weighted by atomic mass is 35.5. The fraction of sp³-hybridized carbons (Fsp3) is 0.211. The minimum absolute atomic E-state index is 0.110. The van der Waals surface area contributed by atoms with Gasteiger partial charge in [-0.1, -0.05) is 55.3 Å². The second-order valence-electron chi connectivity index (χ2n) is 5.72. The SMILES string of the molecule is CCCc1nc(-c2ccccc2Cl)sc1Cc1ccc([N+](=O)[O-])cc1. The topological polar surface area (TPSA) is 56.0 Å². The zero-order valence-corrected chi connectivity index (χ0v) is 15.3. The number of rotatable bonds is 6. The molecule has 2 aromatic carbocycles. The maximum Gasteiger partial charge on any atom is 0.269 e. The first-order chi connectivity index (χ1) is 12.1. The van der Waals surface area contributed by atoms with Gasteiger partial charge in [0, 0.05) is 29.0 Å². The number of nitro groups is 1. The molecule has 0 aliphatic carbocycles. The Labute approximate surface area is 155 Å². The highest BCUT2D eigenvalue weighted by molar-refractivity contribution is 7.15. The van der Waals surface area contributed by atoms with Crippen molar-refractivity contribution < 1.29 is 4.92 Å². The van der Waals surface area contributed by atoms with Crippen molar-refractivity contribution in [2.45, 2.75) is 26.2 Å². The second kappa shape index (κ2) is 7.76. The van der Waals surface area contributed by atoms with Crippen LogP contribution in [0.4, 0.5) is 5.69 Å². The van der Waals surface area contributed by atoms with Crippen molar-refractivity contribution in [1.82, 2.24) is 4.98 Å². The number of nitro benzene ring substituents is 1. The minimum atomic E-state index is -0.380. The Morgan fingerprint density at radius 1 is 1.16 bits per heavy atom. The summed E-state index contributed by atoms with van der Waals surface area (Å²) >= 11 is 7.95. The number of benzene rings is 2. The number of nitrogens with zero attached hydrogens (tertiary/aromatic N) is 2.